The molecule has 0 aromatic heterocycles. The lowest BCUT2D eigenvalue weighted by Gasteiger charge is -2.22. The molecular formula is C8H9ClN2OS. The lowest BCUT2D eigenvalue weighted by molar-refractivity contribution is 0.178. The Hall–Kier alpha value is -0.190. The summed E-state index contributed by atoms with van der Waals surface area (Å²) in [4.78, 5) is 6.81. The molecule has 1 saturated heterocycles. The molecular weight excluding hydrogens is 208 g/mol. The Morgan fingerprint density at radius 1 is 1.69 bits per heavy atom. The maximum Gasteiger partial charge on any atom is 0.168 e. The van der Waals surface area contributed by atoms with Gasteiger partial charge in [0.05, 0.1) is 31.2 Å². The maximum atomic E-state index is 5.85. The number of thioether (sulfide) groups is 1. The molecule has 3 aliphatic rings. The van der Waals surface area contributed by atoms with Gasteiger partial charge in [-0.25, -0.2) is 0 Å². The largest absolute Gasteiger partial charge is 0.377 e. The minimum absolute atomic E-state index is 0.342. The molecule has 2 atom stereocenters. The second-order valence-corrected chi connectivity index (χ2v) is 4.42. The van der Waals surface area contributed by atoms with Gasteiger partial charge in [0.2, 0.25) is 0 Å². The van der Waals surface area contributed by atoms with Crippen molar-refractivity contribution in [1.82, 2.24) is 4.90 Å². The second-order valence-electron chi connectivity index (χ2n) is 3.31. The van der Waals surface area contributed by atoms with E-state index >= 15 is 0 Å². The summed E-state index contributed by atoms with van der Waals surface area (Å²) in [5, 5.41) is 3.19. The van der Waals surface area contributed by atoms with Gasteiger partial charge in [-0.3, -0.25) is 4.99 Å². The first-order chi connectivity index (χ1) is 6.40. The fourth-order valence-corrected chi connectivity index (χ4v) is 3.24. The molecule has 0 aliphatic carbocycles. The number of fused-ring (bicyclic) bond motifs is 3. The Labute approximate surface area is 85.8 Å². The van der Waals surface area contributed by atoms with E-state index in [0.29, 0.717) is 18.0 Å². The van der Waals surface area contributed by atoms with Crippen LogP contribution in [0, 0.1) is 0 Å². The summed E-state index contributed by atoms with van der Waals surface area (Å²) in [5.74, 6) is 0.565. The molecule has 1 fully saturated rings. The summed E-state index contributed by atoms with van der Waals surface area (Å²) in [6.45, 7) is 1.55. The second kappa shape index (κ2) is 2.90. The van der Waals surface area contributed by atoms with Gasteiger partial charge in [0, 0.05) is 5.70 Å². The third kappa shape index (κ3) is 1.06. The Balaban J connectivity index is 1.92. The average Bonchev–Trinajstić information content (AvgIpc) is 2.72. The van der Waals surface area contributed by atoms with Crippen LogP contribution in [0.5, 0.6) is 0 Å². The Morgan fingerprint density at radius 3 is 3.46 bits per heavy atom. The van der Waals surface area contributed by atoms with Gasteiger partial charge in [0.1, 0.15) is 0 Å². The lowest BCUT2D eigenvalue weighted by Crippen LogP contribution is -2.36. The number of rotatable bonds is 1. The van der Waals surface area contributed by atoms with Gasteiger partial charge in [0.25, 0.3) is 0 Å². The monoisotopic (exact) mass is 216 g/mol. The van der Waals surface area contributed by atoms with Crippen LogP contribution in [0.4, 0.5) is 0 Å². The first-order valence-electron chi connectivity index (χ1n) is 4.26. The predicted molar refractivity (Wildman–Crippen MR) is 54.1 cm³/mol. The van der Waals surface area contributed by atoms with Crippen molar-refractivity contribution in [2.45, 2.75) is 12.1 Å². The van der Waals surface area contributed by atoms with Crippen molar-refractivity contribution in [3.8, 4) is 0 Å². The number of allylic oxidation sites excluding steroid dienone is 1. The van der Waals surface area contributed by atoms with E-state index in [2.05, 4.69) is 15.3 Å². The number of amidine groups is 1. The van der Waals surface area contributed by atoms with E-state index in [1.54, 1.807) is 11.8 Å². The van der Waals surface area contributed by atoms with Gasteiger partial charge in [-0.1, -0.05) is 11.8 Å². The van der Waals surface area contributed by atoms with Crippen LogP contribution in [0.3, 0.4) is 0 Å². The first-order valence-corrected chi connectivity index (χ1v) is 5.68. The van der Waals surface area contributed by atoms with Crippen molar-refractivity contribution in [3.05, 3.63) is 11.1 Å². The highest BCUT2D eigenvalue weighted by Gasteiger charge is 2.43. The first kappa shape index (κ1) is 8.15. The standard InChI is InChI=1S/C8H9ClN2OS/c9-1-5-4-13-8-10-6-2-12-3-7(6)11(5)8/h4,6-7H,1-3H2. The van der Waals surface area contributed by atoms with Gasteiger partial charge in [-0.15, -0.1) is 11.6 Å². The fourth-order valence-electron chi connectivity index (χ4n) is 1.94. The minimum atomic E-state index is 0.342. The number of halogens is 1. The SMILES string of the molecule is ClCC1=CSC2=NC3COCC3N12. The molecule has 3 nitrogen and oxygen atoms in total. The van der Waals surface area contributed by atoms with Crippen LogP contribution in [0.1, 0.15) is 0 Å². The van der Waals surface area contributed by atoms with Crippen LogP contribution < -0.4 is 0 Å². The lowest BCUT2D eigenvalue weighted by atomic mass is 10.2. The van der Waals surface area contributed by atoms with Crippen molar-refractivity contribution in [2.24, 2.45) is 4.99 Å². The molecule has 3 heterocycles. The molecule has 0 bridgehead atoms. The maximum absolute atomic E-state index is 5.85. The summed E-state index contributed by atoms with van der Waals surface area (Å²) in [6.07, 6.45) is 0. The van der Waals surface area contributed by atoms with Gasteiger partial charge >= 0.3 is 0 Å². The minimum Gasteiger partial charge on any atom is -0.377 e. The van der Waals surface area contributed by atoms with Crippen molar-refractivity contribution < 1.29 is 4.74 Å². The molecule has 0 aromatic rings. The van der Waals surface area contributed by atoms with E-state index in [9.17, 15) is 0 Å². The molecule has 0 saturated carbocycles. The fraction of sp³-hybridized carbons (Fsp3) is 0.625. The summed E-state index contributed by atoms with van der Waals surface area (Å²) < 4.78 is 5.38. The van der Waals surface area contributed by atoms with E-state index in [1.807, 2.05) is 0 Å². The quantitative estimate of drug-likeness (QED) is 0.617. The number of alkyl halides is 1. The summed E-state index contributed by atoms with van der Waals surface area (Å²) in [6, 6.07) is 0.754. The molecule has 2 unspecified atom stereocenters. The van der Waals surface area contributed by atoms with E-state index in [-0.39, 0.29) is 0 Å². The van der Waals surface area contributed by atoms with Crippen LogP contribution >= 0.6 is 23.4 Å². The number of hydrogen-bond donors (Lipinski definition) is 0. The number of aliphatic imine (C=N–C) groups is 1. The van der Waals surface area contributed by atoms with Crippen LogP contribution in [-0.2, 0) is 4.74 Å². The number of ether oxygens (including phenoxy) is 1. The predicted octanol–water partition coefficient (Wildman–Crippen LogP) is 1.25. The Bertz CT molecular complexity index is 305. The highest BCUT2D eigenvalue weighted by Crippen LogP contribution is 2.37. The number of hydrogen-bond acceptors (Lipinski definition) is 4. The molecule has 13 heavy (non-hydrogen) atoms. The Morgan fingerprint density at radius 2 is 2.62 bits per heavy atom. The van der Waals surface area contributed by atoms with E-state index in [1.165, 1.54) is 5.70 Å². The molecule has 70 valence electrons. The molecule has 0 amide bonds. The highest BCUT2D eigenvalue weighted by molar-refractivity contribution is 8.16. The van der Waals surface area contributed by atoms with Crippen LogP contribution in [-0.4, -0.2) is 41.2 Å². The summed E-state index contributed by atoms with van der Waals surface area (Å²) >= 11 is 7.52. The molecule has 3 rings (SSSR count). The van der Waals surface area contributed by atoms with E-state index in [4.69, 9.17) is 16.3 Å². The smallest absolute Gasteiger partial charge is 0.168 e. The van der Waals surface area contributed by atoms with Crippen LogP contribution in [0.15, 0.2) is 16.1 Å². The van der Waals surface area contributed by atoms with Crippen LogP contribution in [0.25, 0.3) is 0 Å². The van der Waals surface area contributed by atoms with Crippen molar-refractivity contribution >= 4 is 28.5 Å². The van der Waals surface area contributed by atoms with Gasteiger partial charge in [-0.05, 0) is 5.41 Å². The van der Waals surface area contributed by atoms with Crippen molar-refractivity contribution in [3.63, 3.8) is 0 Å². The zero-order valence-corrected chi connectivity index (χ0v) is 8.51. The summed E-state index contributed by atoms with van der Waals surface area (Å²) in [7, 11) is 0. The Kier molecular flexibility index (Phi) is 1.82. The zero-order valence-electron chi connectivity index (χ0n) is 6.94. The van der Waals surface area contributed by atoms with E-state index < -0.39 is 0 Å². The molecule has 0 spiro atoms. The van der Waals surface area contributed by atoms with Crippen molar-refractivity contribution in [1.29, 1.82) is 0 Å². The summed E-state index contributed by atoms with van der Waals surface area (Å²) in [5.41, 5.74) is 1.17. The number of nitrogens with zero attached hydrogens (tertiary/aromatic N) is 2. The normalized spacial score (nSPS) is 35.9. The van der Waals surface area contributed by atoms with Gasteiger partial charge in [-0.2, -0.15) is 0 Å². The molecule has 5 heteroatoms. The average molecular weight is 217 g/mol. The molecule has 0 aromatic carbocycles. The highest BCUT2D eigenvalue weighted by atomic mass is 35.5. The van der Waals surface area contributed by atoms with E-state index in [0.717, 1.165) is 18.4 Å². The molecule has 0 N–H and O–H groups in total. The molecule has 0 radical (unpaired) electrons. The van der Waals surface area contributed by atoms with Gasteiger partial charge in [0.15, 0.2) is 5.17 Å². The zero-order chi connectivity index (χ0) is 8.84. The molecule has 3 aliphatic heterocycles. The third-order valence-corrected chi connectivity index (χ3v) is 3.76. The van der Waals surface area contributed by atoms with Crippen molar-refractivity contribution in [2.75, 3.05) is 19.1 Å². The van der Waals surface area contributed by atoms with Gasteiger partial charge < -0.3 is 9.64 Å². The third-order valence-electron chi connectivity index (χ3n) is 2.58. The topological polar surface area (TPSA) is 24.8 Å². The van der Waals surface area contributed by atoms with Crippen LogP contribution in [0.2, 0.25) is 0 Å².